The van der Waals surface area contributed by atoms with Gasteiger partial charge in [-0.2, -0.15) is 0 Å². The van der Waals surface area contributed by atoms with Crippen molar-refractivity contribution in [1.29, 1.82) is 0 Å². The second-order valence-corrected chi connectivity index (χ2v) is 6.15. The molecule has 0 spiro atoms. The van der Waals surface area contributed by atoms with E-state index in [1.165, 1.54) is 13.8 Å². The standard InChI is InChI=1S/C14H22O6/c1-6-13(5,7-2)20-11(19)14(10(17)18)8(9(15)16)12(14,3)4/h8H,6-7H2,1-5H3,(H,15,16)(H,17,18). The van der Waals surface area contributed by atoms with Crippen LogP contribution < -0.4 is 0 Å². The third-order valence-corrected chi connectivity index (χ3v) is 4.83. The molecular formula is C14H22O6. The number of ether oxygens (including phenoxy) is 1. The summed E-state index contributed by atoms with van der Waals surface area (Å²) in [6.45, 7) is 8.31. The number of carboxylic acids is 2. The van der Waals surface area contributed by atoms with Gasteiger partial charge in [0.15, 0.2) is 5.41 Å². The molecule has 1 aliphatic rings. The maximum absolute atomic E-state index is 12.4. The summed E-state index contributed by atoms with van der Waals surface area (Å²) in [6.07, 6.45) is 1.06. The lowest BCUT2D eigenvalue weighted by Crippen LogP contribution is -2.40. The molecule has 0 saturated heterocycles. The first kappa shape index (κ1) is 16.5. The number of carboxylic acid groups (broad SMARTS) is 2. The fourth-order valence-electron chi connectivity index (χ4n) is 2.82. The molecule has 0 heterocycles. The molecule has 2 unspecified atom stereocenters. The summed E-state index contributed by atoms with van der Waals surface area (Å²) in [5.41, 5.74) is -3.93. The van der Waals surface area contributed by atoms with E-state index in [1.54, 1.807) is 6.92 Å². The van der Waals surface area contributed by atoms with E-state index in [4.69, 9.17) is 9.84 Å². The molecule has 6 nitrogen and oxygen atoms in total. The van der Waals surface area contributed by atoms with Crippen LogP contribution in [0.1, 0.15) is 47.5 Å². The number of aliphatic carboxylic acids is 2. The molecule has 1 rings (SSSR count). The van der Waals surface area contributed by atoms with Crippen LogP contribution in [0.4, 0.5) is 0 Å². The van der Waals surface area contributed by atoms with Crippen molar-refractivity contribution >= 4 is 17.9 Å². The van der Waals surface area contributed by atoms with E-state index in [-0.39, 0.29) is 0 Å². The summed E-state index contributed by atoms with van der Waals surface area (Å²) < 4.78 is 5.36. The van der Waals surface area contributed by atoms with E-state index in [1.807, 2.05) is 13.8 Å². The third kappa shape index (κ3) is 1.98. The first-order valence-corrected chi connectivity index (χ1v) is 6.71. The van der Waals surface area contributed by atoms with Crippen LogP contribution in [0.15, 0.2) is 0 Å². The molecule has 0 aromatic rings. The molecule has 0 radical (unpaired) electrons. The largest absolute Gasteiger partial charge is 0.481 e. The molecule has 0 amide bonds. The van der Waals surface area contributed by atoms with Crippen LogP contribution in [0.3, 0.4) is 0 Å². The Morgan fingerprint density at radius 2 is 1.60 bits per heavy atom. The number of carbonyl (C=O) groups excluding carboxylic acids is 1. The van der Waals surface area contributed by atoms with E-state index >= 15 is 0 Å². The molecule has 0 bridgehead atoms. The van der Waals surface area contributed by atoms with Gasteiger partial charge in [0.25, 0.3) is 0 Å². The number of esters is 1. The predicted molar refractivity (Wildman–Crippen MR) is 70.1 cm³/mol. The van der Waals surface area contributed by atoms with Crippen molar-refractivity contribution < 1.29 is 29.3 Å². The Balaban J connectivity index is 3.16. The molecule has 0 aliphatic heterocycles. The van der Waals surface area contributed by atoms with Crippen LogP contribution in [0, 0.1) is 16.7 Å². The van der Waals surface area contributed by atoms with Crippen molar-refractivity contribution in [2.24, 2.45) is 16.7 Å². The number of carbonyl (C=O) groups is 3. The minimum Gasteiger partial charge on any atom is -0.481 e. The topological polar surface area (TPSA) is 101 Å². The number of hydrogen-bond acceptors (Lipinski definition) is 4. The number of rotatable bonds is 6. The lowest BCUT2D eigenvalue weighted by Gasteiger charge is -2.29. The first-order valence-electron chi connectivity index (χ1n) is 6.71. The quantitative estimate of drug-likeness (QED) is 0.571. The Morgan fingerprint density at radius 1 is 1.15 bits per heavy atom. The van der Waals surface area contributed by atoms with Gasteiger partial charge in [-0.25, -0.2) is 0 Å². The highest BCUT2D eigenvalue weighted by molar-refractivity contribution is 6.10. The molecule has 1 aliphatic carbocycles. The van der Waals surface area contributed by atoms with E-state index in [9.17, 15) is 19.5 Å². The second kappa shape index (κ2) is 4.75. The second-order valence-electron chi connectivity index (χ2n) is 6.15. The Kier molecular flexibility index (Phi) is 3.91. The monoisotopic (exact) mass is 286 g/mol. The van der Waals surface area contributed by atoms with Gasteiger partial charge < -0.3 is 14.9 Å². The lowest BCUT2D eigenvalue weighted by atomic mass is 9.94. The van der Waals surface area contributed by atoms with Crippen LogP contribution in [0.5, 0.6) is 0 Å². The zero-order valence-corrected chi connectivity index (χ0v) is 12.5. The minimum atomic E-state index is -2.00. The van der Waals surface area contributed by atoms with Gasteiger partial charge in [-0.15, -0.1) is 0 Å². The molecule has 0 aromatic heterocycles. The molecule has 20 heavy (non-hydrogen) atoms. The van der Waals surface area contributed by atoms with Crippen molar-refractivity contribution in [3.63, 3.8) is 0 Å². The Hall–Kier alpha value is -1.59. The first-order chi connectivity index (χ1) is 9.01. The fraction of sp³-hybridized carbons (Fsp3) is 0.786. The fourth-order valence-corrected chi connectivity index (χ4v) is 2.82. The predicted octanol–water partition coefficient (Wildman–Crippen LogP) is 1.92. The highest BCUT2D eigenvalue weighted by Gasteiger charge is 2.85. The Morgan fingerprint density at radius 3 is 1.85 bits per heavy atom. The normalized spacial score (nSPS) is 27.8. The van der Waals surface area contributed by atoms with Gasteiger partial charge in [0, 0.05) is 5.41 Å². The maximum atomic E-state index is 12.4. The van der Waals surface area contributed by atoms with Gasteiger partial charge in [0.1, 0.15) is 5.60 Å². The Labute approximate surface area is 118 Å². The third-order valence-electron chi connectivity index (χ3n) is 4.83. The molecule has 2 N–H and O–H groups in total. The van der Waals surface area contributed by atoms with Crippen LogP contribution in [0.2, 0.25) is 0 Å². The van der Waals surface area contributed by atoms with Crippen LogP contribution in [0.25, 0.3) is 0 Å². The van der Waals surface area contributed by atoms with Gasteiger partial charge in [-0.05, 0) is 19.8 Å². The molecule has 6 heteroatoms. The molecule has 1 saturated carbocycles. The van der Waals surface area contributed by atoms with Crippen molar-refractivity contribution in [2.75, 3.05) is 0 Å². The average Bonchev–Trinajstić information content (AvgIpc) is 2.87. The summed E-state index contributed by atoms with van der Waals surface area (Å²) in [7, 11) is 0. The highest BCUT2D eigenvalue weighted by Crippen LogP contribution is 2.69. The smallest absolute Gasteiger partial charge is 0.325 e. The maximum Gasteiger partial charge on any atom is 0.325 e. The van der Waals surface area contributed by atoms with Crippen molar-refractivity contribution in [1.82, 2.24) is 0 Å². The van der Waals surface area contributed by atoms with Crippen LogP contribution >= 0.6 is 0 Å². The van der Waals surface area contributed by atoms with Gasteiger partial charge >= 0.3 is 17.9 Å². The molecular weight excluding hydrogens is 264 g/mol. The van der Waals surface area contributed by atoms with Crippen molar-refractivity contribution in [3.05, 3.63) is 0 Å². The average molecular weight is 286 g/mol. The van der Waals surface area contributed by atoms with E-state index in [0.717, 1.165) is 0 Å². The summed E-state index contributed by atoms with van der Waals surface area (Å²) in [5.74, 6) is -4.94. The van der Waals surface area contributed by atoms with Gasteiger partial charge in [0.2, 0.25) is 0 Å². The zero-order valence-electron chi connectivity index (χ0n) is 12.5. The van der Waals surface area contributed by atoms with Crippen molar-refractivity contribution in [2.45, 2.75) is 53.1 Å². The molecule has 0 aromatic carbocycles. The summed E-state index contributed by atoms with van der Waals surface area (Å²) in [5, 5.41) is 18.6. The Bertz CT molecular complexity index is 449. The lowest BCUT2D eigenvalue weighted by molar-refractivity contribution is -0.176. The van der Waals surface area contributed by atoms with Gasteiger partial charge in [-0.1, -0.05) is 27.7 Å². The van der Waals surface area contributed by atoms with E-state index < -0.39 is 40.3 Å². The molecule has 2 atom stereocenters. The van der Waals surface area contributed by atoms with Crippen LogP contribution in [-0.2, 0) is 19.1 Å². The zero-order chi connectivity index (χ0) is 15.9. The highest BCUT2D eigenvalue weighted by atomic mass is 16.6. The minimum absolute atomic E-state index is 0.531. The number of hydrogen-bond donors (Lipinski definition) is 2. The summed E-state index contributed by atoms with van der Waals surface area (Å²) >= 11 is 0. The van der Waals surface area contributed by atoms with E-state index in [0.29, 0.717) is 12.8 Å². The summed E-state index contributed by atoms with van der Waals surface area (Å²) in [4.78, 5) is 35.2. The van der Waals surface area contributed by atoms with E-state index in [2.05, 4.69) is 0 Å². The molecule has 1 fully saturated rings. The SMILES string of the molecule is CCC(C)(CC)OC(=O)C1(C(=O)O)C(C(=O)O)C1(C)C. The summed E-state index contributed by atoms with van der Waals surface area (Å²) in [6, 6.07) is 0. The van der Waals surface area contributed by atoms with Gasteiger partial charge in [-0.3, -0.25) is 14.4 Å². The molecule has 114 valence electrons. The van der Waals surface area contributed by atoms with Crippen molar-refractivity contribution in [3.8, 4) is 0 Å². The van der Waals surface area contributed by atoms with Gasteiger partial charge in [0.05, 0.1) is 5.92 Å². The van der Waals surface area contributed by atoms with Crippen LogP contribution in [-0.4, -0.2) is 33.7 Å².